The number of alkyl halides is 1. The quantitative estimate of drug-likeness (QED) is 0.746. The highest BCUT2D eigenvalue weighted by Gasteiger charge is 1.93. The predicted octanol–water partition coefficient (Wildman–Crippen LogP) is 1.94. The first kappa shape index (κ1) is 13.0. The van der Waals surface area contributed by atoms with Gasteiger partial charge in [-0.1, -0.05) is 32.6 Å². The SMILES string of the molecule is C=C/C=c1/[nH]c(CCl)n/c1=C/C.CC. The summed E-state index contributed by atoms with van der Waals surface area (Å²) in [5, 5.41) is 1.88. The van der Waals surface area contributed by atoms with Gasteiger partial charge in [0.25, 0.3) is 0 Å². The third kappa shape index (κ3) is 3.38. The molecule has 0 bridgehead atoms. The normalized spacial score (nSPS) is 12.3. The maximum Gasteiger partial charge on any atom is 0.122 e. The van der Waals surface area contributed by atoms with Gasteiger partial charge in [-0.05, 0) is 13.0 Å². The van der Waals surface area contributed by atoms with E-state index >= 15 is 0 Å². The first-order chi connectivity index (χ1) is 6.81. The molecule has 1 aromatic heterocycles. The fraction of sp³-hybridized carbons (Fsp3) is 0.364. The third-order valence-corrected chi connectivity index (χ3v) is 1.75. The van der Waals surface area contributed by atoms with Gasteiger partial charge in [-0.2, -0.15) is 0 Å². The minimum absolute atomic E-state index is 0.409. The highest BCUT2D eigenvalue weighted by atomic mass is 35.5. The van der Waals surface area contributed by atoms with Gasteiger partial charge in [0.05, 0.1) is 16.6 Å². The van der Waals surface area contributed by atoms with Crippen molar-refractivity contribution < 1.29 is 0 Å². The number of aromatic nitrogens is 2. The molecule has 78 valence electrons. The van der Waals surface area contributed by atoms with Crippen molar-refractivity contribution in [2.24, 2.45) is 0 Å². The third-order valence-electron chi connectivity index (χ3n) is 1.49. The molecular formula is C11H17ClN2. The van der Waals surface area contributed by atoms with Gasteiger partial charge < -0.3 is 4.98 Å². The zero-order chi connectivity index (χ0) is 11.0. The Hall–Kier alpha value is -1.02. The Morgan fingerprint density at radius 2 is 2.14 bits per heavy atom. The van der Waals surface area contributed by atoms with Crippen LogP contribution in [0.3, 0.4) is 0 Å². The number of imidazole rings is 1. The number of allylic oxidation sites excluding steroid dienone is 1. The summed E-state index contributed by atoms with van der Waals surface area (Å²) < 4.78 is 0. The first-order valence-corrected chi connectivity index (χ1v) is 5.25. The molecule has 0 aliphatic carbocycles. The molecule has 2 nitrogen and oxygen atoms in total. The van der Waals surface area contributed by atoms with Gasteiger partial charge in [-0.3, -0.25) is 0 Å². The minimum Gasteiger partial charge on any atom is -0.341 e. The number of hydrogen-bond acceptors (Lipinski definition) is 1. The van der Waals surface area contributed by atoms with E-state index in [1.165, 1.54) is 0 Å². The lowest BCUT2D eigenvalue weighted by Crippen LogP contribution is -2.23. The number of nitrogens with one attached hydrogen (secondary N) is 1. The molecule has 0 aliphatic rings. The van der Waals surface area contributed by atoms with Crippen molar-refractivity contribution in [3.8, 4) is 0 Å². The largest absolute Gasteiger partial charge is 0.341 e. The summed E-state index contributed by atoms with van der Waals surface area (Å²) in [5.74, 6) is 1.20. The monoisotopic (exact) mass is 212 g/mol. The molecule has 1 N–H and O–H groups in total. The number of aromatic amines is 1. The molecule has 0 unspecified atom stereocenters. The topological polar surface area (TPSA) is 28.7 Å². The molecule has 3 heteroatoms. The molecule has 14 heavy (non-hydrogen) atoms. The average Bonchev–Trinajstić information content (AvgIpc) is 2.64. The zero-order valence-electron chi connectivity index (χ0n) is 8.97. The van der Waals surface area contributed by atoms with Crippen LogP contribution < -0.4 is 10.7 Å². The summed E-state index contributed by atoms with van der Waals surface area (Å²) in [4.78, 5) is 7.33. The fourth-order valence-electron chi connectivity index (χ4n) is 0.981. The van der Waals surface area contributed by atoms with Gasteiger partial charge in [0, 0.05) is 0 Å². The van der Waals surface area contributed by atoms with E-state index in [1.54, 1.807) is 6.08 Å². The zero-order valence-corrected chi connectivity index (χ0v) is 9.73. The van der Waals surface area contributed by atoms with E-state index in [1.807, 2.05) is 32.9 Å². The van der Waals surface area contributed by atoms with E-state index < -0.39 is 0 Å². The summed E-state index contributed by atoms with van der Waals surface area (Å²) in [6.45, 7) is 9.56. The molecular weight excluding hydrogens is 196 g/mol. The highest BCUT2D eigenvalue weighted by Crippen LogP contribution is 1.87. The predicted molar refractivity (Wildman–Crippen MR) is 63.5 cm³/mol. The summed E-state index contributed by atoms with van der Waals surface area (Å²) in [7, 11) is 0. The van der Waals surface area contributed by atoms with Crippen LogP contribution in [0.2, 0.25) is 0 Å². The van der Waals surface area contributed by atoms with Crippen molar-refractivity contribution in [3.63, 3.8) is 0 Å². The summed E-state index contributed by atoms with van der Waals surface area (Å²) in [6, 6.07) is 0. The fourth-order valence-corrected chi connectivity index (χ4v) is 1.11. The lowest BCUT2D eigenvalue weighted by molar-refractivity contribution is 1.10. The van der Waals surface area contributed by atoms with Crippen LogP contribution in [0.15, 0.2) is 12.7 Å². The average molecular weight is 213 g/mol. The smallest absolute Gasteiger partial charge is 0.122 e. The van der Waals surface area contributed by atoms with Crippen LogP contribution in [0.1, 0.15) is 26.6 Å². The van der Waals surface area contributed by atoms with Crippen molar-refractivity contribution >= 4 is 23.8 Å². The lowest BCUT2D eigenvalue weighted by atomic mass is 10.4. The van der Waals surface area contributed by atoms with Crippen molar-refractivity contribution in [1.82, 2.24) is 9.97 Å². The number of hydrogen-bond donors (Lipinski definition) is 1. The van der Waals surface area contributed by atoms with Crippen molar-refractivity contribution in [2.45, 2.75) is 26.7 Å². The van der Waals surface area contributed by atoms with Crippen molar-refractivity contribution in [3.05, 3.63) is 29.2 Å². The Bertz CT molecular complexity index is 376. The van der Waals surface area contributed by atoms with Crippen LogP contribution in [0, 0.1) is 0 Å². The molecule has 0 aliphatic heterocycles. The second-order valence-electron chi connectivity index (χ2n) is 2.31. The van der Waals surface area contributed by atoms with Crippen LogP contribution >= 0.6 is 11.6 Å². The van der Waals surface area contributed by atoms with Gasteiger partial charge in [0.15, 0.2) is 0 Å². The van der Waals surface area contributed by atoms with Gasteiger partial charge in [-0.25, -0.2) is 4.98 Å². The molecule has 1 aromatic rings. The second kappa shape index (κ2) is 7.39. The number of H-pyrrole nitrogens is 1. The van der Waals surface area contributed by atoms with Crippen molar-refractivity contribution in [2.75, 3.05) is 0 Å². The Kier molecular flexibility index (Phi) is 6.85. The molecule has 0 radical (unpaired) electrons. The summed E-state index contributed by atoms with van der Waals surface area (Å²) in [6.07, 6.45) is 5.53. The molecule has 0 aromatic carbocycles. The van der Waals surface area contributed by atoms with E-state index in [-0.39, 0.29) is 0 Å². The van der Waals surface area contributed by atoms with Crippen LogP contribution in [-0.4, -0.2) is 9.97 Å². The molecule has 1 heterocycles. The van der Waals surface area contributed by atoms with E-state index in [9.17, 15) is 0 Å². The van der Waals surface area contributed by atoms with Crippen LogP contribution in [0.5, 0.6) is 0 Å². The molecule has 0 amide bonds. The first-order valence-electron chi connectivity index (χ1n) is 4.71. The van der Waals surface area contributed by atoms with E-state index in [4.69, 9.17) is 11.6 Å². The Morgan fingerprint density at radius 3 is 2.57 bits per heavy atom. The number of nitrogens with zero attached hydrogens (tertiary/aromatic N) is 1. The maximum absolute atomic E-state index is 5.62. The Labute approximate surface area is 90.0 Å². The molecule has 1 rings (SSSR count). The lowest BCUT2D eigenvalue weighted by Gasteiger charge is -1.79. The number of rotatable bonds is 2. The van der Waals surface area contributed by atoms with E-state index in [0.29, 0.717) is 5.88 Å². The standard InChI is InChI=1S/C9H11ClN2.C2H6/c1-3-5-8-7(4-2)11-9(6-10)12-8;1-2/h3-5H,1,6H2,2H3,(H,11,12);1-2H3/b7-4+,8-5+;. The van der Waals surface area contributed by atoms with Gasteiger partial charge in [-0.15, -0.1) is 11.6 Å². The van der Waals surface area contributed by atoms with Gasteiger partial charge in [0.1, 0.15) is 5.82 Å². The van der Waals surface area contributed by atoms with E-state index in [0.717, 1.165) is 16.5 Å². The van der Waals surface area contributed by atoms with Crippen LogP contribution in [0.4, 0.5) is 0 Å². The Morgan fingerprint density at radius 1 is 1.50 bits per heavy atom. The van der Waals surface area contributed by atoms with Gasteiger partial charge >= 0.3 is 0 Å². The molecule has 0 spiro atoms. The molecule has 0 fully saturated rings. The highest BCUT2D eigenvalue weighted by molar-refractivity contribution is 6.16. The summed E-state index contributed by atoms with van der Waals surface area (Å²) >= 11 is 5.62. The van der Waals surface area contributed by atoms with Crippen LogP contribution in [0.25, 0.3) is 12.2 Å². The Balaban J connectivity index is 0.000000791. The van der Waals surface area contributed by atoms with E-state index in [2.05, 4.69) is 16.5 Å². The molecule has 0 saturated carbocycles. The second-order valence-corrected chi connectivity index (χ2v) is 2.57. The maximum atomic E-state index is 5.62. The van der Waals surface area contributed by atoms with Gasteiger partial charge in [0.2, 0.25) is 0 Å². The summed E-state index contributed by atoms with van der Waals surface area (Å²) in [5.41, 5.74) is 0. The molecule has 0 saturated heterocycles. The minimum atomic E-state index is 0.409. The van der Waals surface area contributed by atoms with Crippen LogP contribution in [-0.2, 0) is 5.88 Å². The molecule has 0 atom stereocenters. The number of halogens is 1. The van der Waals surface area contributed by atoms with Crippen molar-refractivity contribution in [1.29, 1.82) is 0 Å².